The van der Waals surface area contributed by atoms with E-state index in [4.69, 9.17) is 16.7 Å². The smallest absolute Gasteiger partial charge is 0.266 e. The third kappa shape index (κ3) is 3.32. The van der Waals surface area contributed by atoms with Crippen molar-refractivity contribution in [3.63, 3.8) is 0 Å². The number of halogens is 1. The Balaban J connectivity index is 3.17. The molecular weight excluding hydrogens is 280 g/mol. The summed E-state index contributed by atoms with van der Waals surface area (Å²) >= 11 is 5.60. The Morgan fingerprint density at radius 3 is 2.61 bits per heavy atom. The van der Waals surface area contributed by atoms with Gasteiger partial charge < -0.3 is 10.1 Å². The van der Waals surface area contributed by atoms with Crippen LogP contribution in [0.1, 0.15) is 13.3 Å². The number of pyridine rings is 1. The van der Waals surface area contributed by atoms with Gasteiger partial charge in [0, 0.05) is 19.3 Å². The lowest BCUT2D eigenvalue weighted by atomic mass is 10.5. The first-order valence-electron chi connectivity index (χ1n) is 5.42. The van der Waals surface area contributed by atoms with Gasteiger partial charge in [0.1, 0.15) is 5.02 Å². The van der Waals surface area contributed by atoms with Gasteiger partial charge in [0.25, 0.3) is 5.56 Å². The molecule has 0 radical (unpaired) electrons. The van der Waals surface area contributed by atoms with Gasteiger partial charge >= 0.3 is 0 Å². The molecule has 18 heavy (non-hydrogen) atoms. The van der Waals surface area contributed by atoms with Gasteiger partial charge in [-0.05, 0) is 12.5 Å². The molecule has 1 heterocycles. The van der Waals surface area contributed by atoms with E-state index >= 15 is 0 Å². The van der Waals surface area contributed by atoms with Gasteiger partial charge in [-0.1, -0.05) is 18.5 Å². The van der Waals surface area contributed by atoms with Crippen molar-refractivity contribution in [1.82, 2.24) is 9.29 Å². The van der Waals surface area contributed by atoms with Crippen LogP contribution < -0.4 is 5.56 Å². The lowest BCUT2D eigenvalue weighted by Gasteiger charge is -2.20. The molecule has 2 N–H and O–H groups in total. The minimum atomic E-state index is -3.75. The molecule has 6 nitrogen and oxygen atoms in total. The Bertz CT molecular complexity index is 549. The van der Waals surface area contributed by atoms with Crippen molar-refractivity contribution < 1.29 is 13.5 Å². The number of aliphatic hydroxyl groups excluding tert-OH is 1. The number of nitrogens with one attached hydrogen (secondary N) is 1. The molecule has 0 bridgehead atoms. The van der Waals surface area contributed by atoms with Crippen molar-refractivity contribution >= 4 is 21.6 Å². The van der Waals surface area contributed by atoms with Crippen LogP contribution in [0.25, 0.3) is 0 Å². The average Bonchev–Trinajstić information content (AvgIpc) is 2.32. The fourth-order valence-corrected chi connectivity index (χ4v) is 3.20. The zero-order valence-electron chi connectivity index (χ0n) is 9.89. The maximum absolute atomic E-state index is 12.2. The molecule has 0 fully saturated rings. The summed E-state index contributed by atoms with van der Waals surface area (Å²) in [5, 5.41) is 8.70. The standard InChI is InChI=1S/C10H15ClN2O4S/c1-2-3-13(4-5-14)18(16,17)8-6-9(11)10(15)12-7-8/h6-7,14H,2-5H2,1H3,(H,12,15). The second-order valence-electron chi connectivity index (χ2n) is 3.64. The van der Waals surface area contributed by atoms with Gasteiger partial charge in [-0.3, -0.25) is 4.79 Å². The van der Waals surface area contributed by atoms with E-state index in [-0.39, 0.29) is 23.1 Å². The first kappa shape index (κ1) is 15.2. The average molecular weight is 295 g/mol. The minimum absolute atomic E-state index is 0.00686. The second-order valence-corrected chi connectivity index (χ2v) is 5.99. The van der Waals surface area contributed by atoms with Gasteiger partial charge in [-0.25, -0.2) is 8.42 Å². The molecule has 0 saturated carbocycles. The van der Waals surface area contributed by atoms with E-state index in [1.165, 1.54) is 0 Å². The zero-order chi connectivity index (χ0) is 13.8. The summed E-state index contributed by atoms with van der Waals surface area (Å²) in [6, 6.07) is 1.11. The Labute approximate surface area is 110 Å². The predicted octanol–water partition coefficient (Wildman–Crippen LogP) is 0.421. The van der Waals surface area contributed by atoms with Crippen LogP contribution in [-0.2, 0) is 10.0 Å². The second kappa shape index (κ2) is 6.33. The van der Waals surface area contributed by atoms with Crippen molar-refractivity contribution in [2.75, 3.05) is 19.7 Å². The van der Waals surface area contributed by atoms with Crippen molar-refractivity contribution in [1.29, 1.82) is 0 Å². The number of nitrogens with zero attached hydrogens (tertiary/aromatic N) is 1. The van der Waals surface area contributed by atoms with Gasteiger partial charge in [0.2, 0.25) is 10.0 Å². The van der Waals surface area contributed by atoms with Crippen molar-refractivity contribution in [2.24, 2.45) is 0 Å². The number of aromatic amines is 1. The number of sulfonamides is 1. The lowest BCUT2D eigenvalue weighted by Crippen LogP contribution is -2.34. The minimum Gasteiger partial charge on any atom is -0.395 e. The van der Waals surface area contributed by atoms with Gasteiger partial charge in [0.05, 0.1) is 11.5 Å². The third-order valence-electron chi connectivity index (χ3n) is 2.29. The molecule has 0 aliphatic rings. The molecule has 8 heteroatoms. The van der Waals surface area contributed by atoms with E-state index in [0.29, 0.717) is 13.0 Å². The molecule has 0 aliphatic carbocycles. The number of hydrogen-bond donors (Lipinski definition) is 2. The first-order chi connectivity index (χ1) is 8.43. The molecule has 1 aromatic rings. The molecular formula is C10H15ClN2O4S. The van der Waals surface area contributed by atoms with Crippen LogP contribution in [0.4, 0.5) is 0 Å². The molecule has 1 rings (SSSR count). The number of H-pyrrole nitrogens is 1. The van der Waals surface area contributed by atoms with E-state index in [9.17, 15) is 13.2 Å². The van der Waals surface area contributed by atoms with E-state index in [2.05, 4.69) is 4.98 Å². The Morgan fingerprint density at radius 1 is 1.44 bits per heavy atom. The first-order valence-corrected chi connectivity index (χ1v) is 7.24. The molecule has 1 aromatic heterocycles. The molecule has 0 aromatic carbocycles. The quantitative estimate of drug-likeness (QED) is 0.795. The zero-order valence-corrected chi connectivity index (χ0v) is 11.5. The molecule has 102 valence electrons. The highest BCUT2D eigenvalue weighted by Crippen LogP contribution is 2.16. The van der Waals surface area contributed by atoms with Crippen LogP contribution in [0.15, 0.2) is 22.0 Å². The number of hydrogen-bond acceptors (Lipinski definition) is 4. The third-order valence-corrected chi connectivity index (χ3v) is 4.45. The van der Waals surface area contributed by atoms with Crippen molar-refractivity contribution in [2.45, 2.75) is 18.2 Å². The van der Waals surface area contributed by atoms with Crippen LogP contribution in [0.5, 0.6) is 0 Å². The van der Waals surface area contributed by atoms with Gasteiger partial charge in [-0.15, -0.1) is 0 Å². The number of rotatable bonds is 6. The summed E-state index contributed by atoms with van der Waals surface area (Å²) in [7, 11) is -3.75. The van der Waals surface area contributed by atoms with E-state index in [0.717, 1.165) is 16.6 Å². The molecule has 0 amide bonds. The highest BCUT2D eigenvalue weighted by molar-refractivity contribution is 7.89. The number of aliphatic hydroxyl groups is 1. The predicted molar refractivity (Wildman–Crippen MR) is 68.2 cm³/mol. The normalized spacial score (nSPS) is 12.0. The van der Waals surface area contributed by atoms with Gasteiger partial charge in [-0.2, -0.15) is 4.31 Å². The van der Waals surface area contributed by atoms with E-state index in [1.54, 1.807) is 0 Å². The van der Waals surface area contributed by atoms with Crippen LogP contribution >= 0.6 is 11.6 Å². The van der Waals surface area contributed by atoms with Crippen LogP contribution in [0.2, 0.25) is 5.02 Å². The monoisotopic (exact) mass is 294 g/mol. The maximum Gasteiger partial charge on any atom is 0.266 e. The molecule has 0 aliphatic heterocycles. The summed E-state index contributed by atoms with van der Waals surface area (Å²) < 4.78 is 25.6. The van der Waals surface area contributed by atoms with Crippen LogP contribution in [-0.4, -0.2) is 42.5 Å². The topological polar surface area (TPSA) is 90.5 Å². The molecule has 0 saturated heterocycles. The Kier molecular flexibility index (Phi) is 5.33. The lowest BCUT2D eigenvalue weighted by molar-refractivity contribution is 0.253. The SMILES string of the molecule is CCCN(CCO)S(=O)(=O)c1c[nH]c(=O)c(Cl)c1. The summed E-state index contributed by atoms with van der Waals surface area (Å²) in [5.41, 5.74) is -0.542. The Hall–Kier alpha value is -0.890. The van der Waals surface area contributed by atoms with Crippen molar-refractivity contribution in [3.05, 3.63) is 27.6 Å². The van der Waals surface area contributed by atoms with Crippen molar-refractivity contribution in [3.8, 4) is 0 Å². The van der Waals surface area contributed by atoms with Crippen LogP contribution in [0.3, 0.4) is 0 Å². The summed E-state index contributed by atoms with van der Waals surface area (Å²) in [6.45, 7) is 1.86. The molecule has 0 unspecified atom stereocenters. The summed E-state index contributed by atoms with van der Waals surface area (Å²) in [6.07, 6.45) is 1.72. The van der Waals surface area contributed by atoms with E-state index < -0.39 is 15.6 Å². The highest BCUT2D eigenvalue weighted by atomic mass is 35.5. The highest BCUT2D eigenvalue weighted by Gasteiger charge is 2.24. The Morgan fingerprint density at radius 2 is 2.11 bits per heavy atom. The fraction of sp³-hybridized carbons (Fsp3) is 0.500. The largest absolute Gasteiger partial charge is 0.395 e. The van der Waals surface area contributed by atoms with Crippen LogP contribution in [0, 0.1) is 0 Å². The number of aromatic nitrogens is 1. The molecule has 0 atom stereocenters. The van der Waals surface area contributed by atoms with Gasteiger partial charge in [0.15, 0.2) is 0 Å². The summed E-state index contributed by atoms with van der Waals surface area (Å²) in [4.78, 5) is 13.3. The molecule has 0 spiro atoms. The van der Waals surface area contributed by atoms with E-state index in [1.807, 2.05) is 6.92 Å². The fourth-order valence-electron chi connectivity index (χ4n) is 1.45. The maximum atomic E-state index is 12.2. The summed E-state index contributed by atoms with van der Waals surface area (Å²) in [5.74, 6) is 0.